The summed E-state index contributed by atoms with van der Waals surface area (Å²) < 4.78 is 6.20. The first-order valence-electron chi connectivity index (χ1n) is 23.1. The monoisotopic (exact) mass is 871 g/mol. The fourth-order valence-corrected chi connectivity index (χ4v) is 9.59. The third-order valence-corrected chi connectivity index (χ3v) is 12.8. The van der Waals surface area contributed by atoms with Crippen LogP contribution >= 0.6 is 0 Å². The van der Waals surface area contributed by atoms with E-state index in [9.17, 15) is 0 Å². The number of fused-ring (bicyclic) bond motifs is 4. The van der Waals surface area contributed by atoms with Crippen molar-refractivity contribution in [1.82, 2.24) is 0 Å². The summed E-state index contributed by atoms with van der Waals surface area (Å²) in [6.07, 6.45) is 0. The van der Waals surface area contributed by atoms with Crippen LogP contribution in [0, 0.1) is 0 Å². The molecule has 1 aromatic heterocycles. The highest BCUT2D eigenvalue weighted by molar-refractivity contribution is 6.06. The normalized spacial score (nSPS) is 11.2. The van der Waals surface area contributed by atoms with Crippen LogP contribution in [0.15, 0.2) is 277 Å². The lowest BCUT2D eigenvalue weighted by Gasteiger charge is -2.33. The second kappa shape index (κ2) is 17.7. The lowest BCUT2D eigenvalue weighted by Crippen LogP contribution is -2.16. The third kappa shape index (κ3) is 7.70. The molecule has 0 aliphatic carbocycles. The van der Waals surface area contributed by atoms with Crippen molar-refractivity contribution in [2.75, 3.05) is 14.7 Å². The Morgan fingerprint density at radius 1 is 0.221 bits per heavy atom. The first-order chi connectivity index (χ1) is 33.7. The molecule has 0 bridgehead atoms. The van der Waals surface area contributed by atoms with Gasteiger partial charge in [-0.15, -0.1) is 0 Å². The number of hydrogen-bond acceptors (Lipinski definition) is 4. The molecule has 0 fully saturated rings. The minimum Gasteiger partial charge on any atom is -0.456 e. The van der Waals surface area contributed by atoms with Gasteiger partial charge in [0, 0.05) is 44.9 Å². The molecule has 0 N–H and O–H groups in total. The van der Waals surface area contributed by atoms with Crippen LogP contribution in [0.3, 0.4) is 0 Å². The second-order valence-corrected chi connectivity index (χ2v) is 17.0. The largest absolute Gasteiger partial charge is 0.456 e. The average Bonchev–Trinajstić information content (AvgIpc) is 3.79. The number of nitrogens with zero attached hydrogens (tertiary/aromatic N) is 3. The standard InChI is InChI=1S/C64H45N3O/c1-5-20-50(21-6-1)65(51-22-7-2-8-23-51)56-43-57(66(52-24-9-3-10-25-52)53-26-11-4-12-27-53)45-58(44-56)67(55-39-34-48(35-40-55)60-30-17-19-47-18-13-14-28-59(47)60)54-37-32-46(33-38-54)49-36-41-64-62(42-49)61-29-15-16-31-63(61)68-64/h1-45H. The summed E-state index contributed by atoms with van der Waals surface area (Å²) in [5.74, 6) is 0. The van der Waals surface area contributed by atoms with Crippen LogP contribution < -0.4 is 14.7 Å². The molecule has 0 saturated carbocycles. The van der Waals surface area contributed by atoms with Gasteiger partial charge >= 0.3 is 0 Å². The van der Waals surface area contributed by atoms with Gasteiger partial charge in [-0.2, -0.15) is 0 Å². The quantitative estimate of drug-likeness (QED) is 0.129. The van der Waals surface area contributed by atoms with Crippen molar-refractivity contribution >= 4 is 83.9 Å². The molecule has 4 nitrogen and oxygen atoms in total. The maximum atomic E-state index is 6.20. The summed E-state index contributed by atoms with van der Waals surface area (Å²) in [6, 6.07) is 97.4. The Hall–Kier alpha value is -9.12. The molecule has 11 aromatic carbocycles. The number of hydrogen-bond donors (Lipinski definition) is 0. The number of rotatable bonds is 11. The van der Waals surface area contributed by atoms with Crippen LogP contribution in [0.5, 0.6) is 0 Å². The van der Waals surface area contributed by atoms with E-state index in [4.69, 9.17) is 4.42 Å². The summed E-state index contributed by atoms with van der Waals surface area (Å²) in [6.45, 7) is 0. The van der Waals surface area contributed by atoms with Gasteiger partial charge in [-0.25, -0.2) is 0 Å². The van der Waals surface area contributed by atoms with Crippen molar-refractivity contribution in [2.45, 2.75) is 0 Å². The Labute approximate surface area is 396 Å². The molecule has 0 unspecified atom stereocenters. The Morgan fingerprint density at radius 2 is 0.603 bits per heavy atom. The summed E-state index contributed by atoms with van der Waals surface area (Å²) in [5.41, 5.74) is 15.8. The molecule has 12 aromatic rings. The molecule has 0 aliphatic heterocycles. The molecule has 0 atom stereocenters. The molecule has 0 amide bonds. The van der Waals surface area contributed by atoms with E-state index in [0.29, 0.717) is 0 Å². The van der Waals surface area contributed by atoms with E-state index < -0.39 is 0 Å². The van der Waals surface area contributed by atoms with Gasteiger partial charge in [-0.3, -0.25) is 0 Å². The van der Waals surface area contributed by atoms with Gasteiger partial charge in [0.1, 0.15) is 11.2 Å². The maximum absolute atomic E-state index is 6.20. The SMILES string of the molecule is c1ccc(N(c2ccccc2)c2cc(N(c3ccccc3)c3ccccc3)cc(N(c3ccc(-c4ccc5oc6ccccc6c5c4)cc3)c3ccc(-c4cccc5ccccc45)cc3)c2)cc1. The van der Waals surface area contributed by atoms with Crippen molar-refractivity contribution in [3.05, 3.63) is 273 Å². The summed E-state index contributed by atoms with van der Waals surface area (Å²) >= 11 is 0. The van der Waals surface area contributed by atoms with E-state index >= 15 is 0 Å². The van der Waals surface area contributed by atoms with Crippen molar-refractivity contribution in [3.63, 3.8) is 0 Å². The topological polar surface area (TPSA) is 22.9 Å². The van der Waals surface area contributed by atoms with E-state index in [-0.39, 0.29) is 0 Å². The van der Waals surface area contributed by atoms with Crippen LogP contribution in [0.4, 0.5) is 51.2 Å². The smallest absolute Gasteiger partial charge is 0.135 e. The lowest BCUT2D eigenvalue weighted by atomic mass is 9.98. The first-order valence-corrected chi connectivity index (χ1v) is 23.1. The van der Waals surface area contributed by atoms with Crippen molar-refractivity contribution in [1.29, 1.82) is 0 Å². The molecule has 0 aliphatic rings. The van der Waals surface area contributed by atoms with Crippen molar-refractivity contribution < 1.29 is 4.42 Å². The van der Waals surface area contributed by atoms with Gasteiger partial charge in [0.15, 0.2) is 0 Å². The molecule has 322 valence electrons. The minimum atomic E-state index is 0.889. The number of anilines is 9. The van der Waals surface area contributed by atoms with Crippen LogP contribution in [-0.2, 0) is 0 Å². The van der Waals surface area contributed by atoms with Crippen molar-refractivity contribution in [3.8, 4) is 22.3 Å². The van der Waals surface area contributed by atoms with Gasteiger partial charge in [0.05, 0.1) is 17.1 Å². The van der Waals surface area contributed by atoms with Crippen LogP contribution in [0.1, 0.15) is 0 Å². The summed E-state index contributed by atoms with van der Waals surface area (Å²) in [7, 11) is 0. The Bertz CT molecular complexity index is 3480. The predicted molar refractivity (Wildman–Crippen MR) is 286 cm³/mol. The lowest BCUT2D eigenvalue weighted by molar-refractivity contribution is 0.669. The Morgan fingerprint density at radius 3 is 1.12 bits per heavy atom. The third-order valence-electron chi connectivity index (χ3n) is 12.8. The summed E-state index contributed by atoms with van der Waals surface area (Å²) in [5, 5.41) is 4.69. The molecule has 0 radical (unpaired) electrons. The Kier molecular flexibility index (Phi) is 10.5. The van der Waals surface area contributed by atoms with Crippen molar-refractivity contribution in [2.24, 2.45) is 0 Å². The van der Waals surface area contributed by atoms with Gasteiger partial charge in [-0.1, -0.05) is 164 Å². The van der Waals surface area contributed by atoms with Gasteiger partial charge in [0.2, 0.25) is 0 Å². The molecule has 68 heavy (non-hydrogen) atoms. The number of benzene rings is 11. The fraction of sp³-hybridized carbons (Fsp3) is 0. The molecule has 12 rings (SSSR count). The van der Waals surface area contributed by atoms with E-state index in [1.165, 1.54) is 16.3 Å². The molecule has 0 saturated heterocycles. The Balaban J connectivity index is 1.07. The number of para-hydroxylation sites is 5. The average molecular weight is 872 g/mol. The molecule has 1 heterocycles. The zero-order valence-electron chi connectivity index (χ0n) is 37.2. The van der Waals surface area contributed by atoms with Crippen LogP contribution in [-0.4, -0.2) is 0 Å². The van der Waals surface area contributed by atoms with Gasteiger partial charge in [0.25, 0.3) is 0 Å². The van der Waals surface area contributed by atoms with Crippen LogP contribution in [0.25, 0.3) is 55.0 Å². The fourth-order valence-electron chi connectivity index (χ4n) is 9.59. The first kappa shape index (κ1) is 40.4. The highest BCUT2D eigenvalue weighted by atomic mass is 16.3. The molecule has 4 heteroatoms. The van der Waals surface area contributed by atoms with E-state index in [1.54, 1.807) is 0 Å². The molecular formula is C64H45N3O. The maximum Gasteiger partial charge on any atom is 0.135 e. The highest BCUT2D eigenvalue weighted by Gasteiger charge is 2.23. The highest BCUT2D eigenvalue weighted by Crippen LogP contribution is 2.46. The zero-order valence-corrected chi connectivity index (χ0v) is 37.2. The predicted octanol–water partition coefficient (Wildman–Crippen LogP) is 18.5. The molecular weight excluding hydrogens is 827 g/mol. The minimum absolute atomic E-state index is 0.889. The summed E-state index contributed by atoms with van der Waals surface area (Å²) in [4.78, 5) is 7.09. The van der Waals surface area contributed by atoms with Crippen LogP contribution in [0.2, 0.25) is 0 Å². The van der Waals surface area contributed by atoms with Gasteiger partial charge in [-0.05, 0) is 142 Å². The van der Waals surface area contributed by atoms with Gasteiger partial charge < -0.3 is 19.1 Å². The van der Waals surface area contributed by atoms with E-state index in [2.05, 4.69) is 276 Å². The van der Waals surface area contributed by atoms with E-state index in [0.717, 1.165) is 89.8 Å². The van der Waals surface area contributed by atoms with E-state index in [1.807, 2.05) is 12.1 Å². The molecule has 0 spiro atoms. The zero-order chi connectivity index (χ0) is 45.2. The number of furan rings is 1. The second-order valence-electron chi connectivity index (χ2n) is 17.0.